The minimum atomic E-state index is -0.159. The van der Waals surface area contributed by atoms with E-state index in [2.05, 4.69) is 59.5 Å². The Morgan fingerprint density at radius 1 is 1.21 bits per heavy atom. The number of thiazole rings is 1. The lowest BCUT2D eigenvalue weighted by Gasteiger charge is -2.29. The van der Waals surface area contributed by atoms with E-state index >= 15 is 0 Å². The Labute approximate surface area is 197 Å². The van der Waals surface area contributed by atoms with Crippen molar-refractivity contribution in [1.29, 1.82) is 0 Å². The lowest BCUT2D eigenvalue weighted by molar-refractivity contribution is 0.122. The van der Waals surface area contributed by atoms with Gasteiger partial charge in [0.2, 0.25) is 5.95 Å². The van der Waals surface area contributed by atoms with E-state index in [0.717, 1.165) is 36.1 Å². The molecule has 176 valence electrons. The van der Waals surface area contributed by atoms with E-state index in [-0.39, 0.29) is 17.0 Å². The first-order chi connectivity index (χ1) is 15.9. The molecular weight excluding hydrogens is 436 g/mol. The second kappa shape index (κ2) is 9.04. The fourth-order valence-electron chi connectivity index (χ4n) is 4.36. The van der Waals surface area contributed by atoms with Gasteiger partial charge in [-0.2, -0.15) is 4.98 Å². The molecule has 8 nitrogen and oxygen atoms in total. The molecule has 5 rings (SSSR count). The van der Waals surface area contributed by atoms with Crippen molar-refractivity contribution >= 4 is 33.3 Å². The lowest BCUT2D eigenvalue weighted by atomic mass is 9.87. The Bertz CT molecular complexity index is 1190. The molecule has 2 aliphatic rings. The molecule has 0 radical (unpaired) electrons. The van der Waals surface area contributed by atoms with Gasteiger partial charge >= 0.3 is 0 Å². The summed E-state index contributed by atoms with van der Waals surface area (Å²) in [5.74, 6) is 1.21. The summed E-state index contributed by atoms with van der Waals surface area (Å²) >= 11 is 1.54. The van der Waals surface area contributed by atoms with Gasteiger partial charge < -0.3 is 20.3 Å². The zero-order valence-electron chi connectivity index (χ0n) is 19.5. The van der Waals surface area contributed by atoms with Crippen LogP contribution in [-0.4, -0.2) is 60.4 Å². The van der Waals surface area contributed by atoms with Crippen LogP contribution in [-0.2, 0) is 10.2 Å². The molecule has 0 spiro atoms. The standard InChI is InChI=1S/C24H32N6O2S/c1-24(2,3)15-6-7-18-17(13-15)27-22(33-18)19-20(26-16-5-4-8-25-14-16)28-23(29-21(19)31)30-9-11-32-12-10-30/h6-7,13,16,25H,4-5,8-12,14H2,1-3H3,(H2,26,28,29,31)/t16-/m1/s1. The Hall–Kier alpha value is -2.49. The zero-order valence-corrected chi connectivity index (χ0v) is 20.3. The Balaban J connectivity index is 1.58. The summed E-state index contributed by atoms with van der Waals surface area (Å²) in [5, 5.41) is 7.69. The van der Waals surface area contributed by atoms with Gasteiger partial charge in [-0.15, -0.1) is 11.3 Å². The van der Waals surface area contributed by atoms with Crippen LogP contribution in [0.2, 0.25) is 0 Å². The summed E-state index contributed by atoms with van der Waals surface area (Å²) in [7, 11) is 0. The van der Waals surface area contributed by atoms with Gasteiger partial charge in [0.25, 0.3) is 5.56 Å². The molecule has 2 fully saturated rings. The normalized spacial score (nSPS) is 19.7. The molecule has 1 aromatic carbocycles. The van der Waals surface area contributed by atoms with Crippen LogP contribution in [0.15, 0.2) is 23.0 Å². The van der Waals surface area contributed by atoms with E-state index in [0.29, 0.717) is 48.6 Å². The van der Waals surface area contributed by atoms with Crippen molar-refractivity contribution in [1.82, 2.24) is 20.3 Å². The highest BCUT2D eigenvalue weighted by molar-refractivity contribution is 7.21. The van der Waals surface area contributed by atoms with Gasteiger partial charge in [-0.1, -0.05) is 26.8 Å². The van der Waals surface area contributed by atoms with Crippen LogP contribution in [0.3, 0.4) is 0 Å². The molecule has 2 aliphatic heterocycles. The molecule has 4 heterocycles. The summed E-state index contributed by atoms with van der Waals surface area (Å²) < 4.78 is 6.54. The van der Waals surface area contributed by atoms with E-state index in [1.54, 1.807) is 11.3 Å². The van der Waals surface area contributed by atoms with Gasteiger partial charge in [-0.3, -0.25) is 9.78 Å². The van der Waals surface area contributed by atoms with Crippen molar-refractivity contribution < 1.29 is 4.74 Å². The predicted molar refractivity (Wildman–Crippen MR) is 135 cm³/mol. The van der Waals surface area contributed by atoms with Crippen LogP contribution < -0.4 is 21.1 Å². The third-order valence-electron chi connectivity index (χ3n) is 6.32. The van der Waals surface area contributed by atoms with Crippen molar-refractivity contribution in [3.63, 3.8) is 0 Å². The number of ether oxygens (including phenoxy) is 1. The van der Waals surface area contributed by atoms with Crippen LogP contribution in [0, 0.1) is 0 Å². The first kappa shape index (κ1) is 22.3. The van der Waals surface area contributed by atoms with Crippen molar-refractivity contribution in [2.24, 2.45) is 0 Å². The highest BCUT2D eigenvalue weighted by Crippen LogP contribution is 2.35. The third kappa shape index (κ3) is 4.76. The minimum absolute atomic E-state index is 0.0392. The lowest BCUT2D eigenvalue weighted by Crippen LogP contribution is -2.40. The number of hydrogen-bond acceptors (Lipinski definition) is 8. The van der Waals surface area contributed by atoms with E-state index in [1.165, 1.54) is 5.56 Å². The molecule has 9 heteroatoms. The van der Waals surface area contributed by atoms with Crippen LogP contribution in [0.25, 0.3) is 20.8 Å². The molecule has 0 unspecified atom stereocenters. The monoisotopic (exact) mass is 468 g/mol. The summed E-state index contributed by atoms with van der Waals surface area (Å²) in [6.45, 7) is 11.2. The van der Waals surface area contributed by atoms with Crippen molar-refractivity contribution in [3.05, 3.63) is 34.1 Å². The molecule has 1 atom stereocenters. The molecule has 3 N–H and O–H groups in total. The highest BCUT2D eigenvalue weighted by atomic mass is 32.1. The van der Waals surface area contributed by atoms with Gasteiger partial charge in [0.05, 0.1) is 23.4 Å². The molecule has 33 heavy (non-hydrogen) atoms. The maximum Gasteiger partial charge on any atom is 0.264 e. The Morgan fingerprint density at radius 2 is 2.03 bits per heavy atom. The quantitative estimate of drug-likeness (QED) is 0.540. The SMILES string of the molecule is CC(C)(C)c1ccc2sc(-c3c(N[C@@H]4CCCNC4)nc(N4CCOCC4)[nH]c3=O)nc2c1. The number of aromatic nitrogens is 3. The number of nitrogens with zero attached hydrogens (tertiary/aromatic N) is 3. The van der Waals surface area contributed by atoms with Gasteiger partial charge in [0.1, 0.15) is 16.4 Å². The van der Waals surface area contributed by atoms with Crippen molar-refractivity contribution in [2.75, 3.05) is 49.6 Å². The number of fused-ring (bicyclic) bond motifs is 1. The smallest absolute Gasteiger partial charge is 0.264 e. The average Bonchev–Trinajstić information content (AvgIpc) is 3.22. The Morgan fingerprint density at radius 3 is 2.76 bits per heavy atom. The highest BCUT2D eigenvalue weighted by Gasteiger charge is 2.24. The van der Waals surface area contributed by atoms with E-state index in [9.17, 15) is 4.79 Å². The van der Waals surface area contributed by atoms with Crippen LogP contribution in [0.4, 0.5) is 11.8 Å². The maximum absolute atomic E-state index is 13.4. The summed E-state index contributed by atoms with van der Waals surface area (Å²) in [6.07, 6.45) is 2.14. The van der Waals surface area contributed by atoms with Crippen molar-refractivity contribution in [2.45, 2.75) is 45.1 Å². The molecule has 2 saturated heterocycles. The number of benzene rings is 1. The van der Waals surface area contributed by atoms with Gasteiger partial charge in [-0.05, 0) is 42.5 Å². The largest absolute Gasteiger partial charge is 0.378 e. The number of rotatable bonds is 4. The molecule has 0 bridgehead atoms. The van der Waals surface area contributed by atoms with Gasteiger partial charge in [-0.25, -0.2) is 4.98 Å². The number of piperidine rings is 1. The number of morpholine rings is 1. The second-order valence-electron chi connectivity index (χ2n) is 9.85. The molecule has 0 aliphatic carbocycles. The second-order valence-corrected chi connectivity index (χ2v) is 10.9. The Kier molecular flexibility index (Phi) is 6.11. The topological polar surface area (TPSA) is 95.2 Å². The minimum Gasteiger partial charge on any atom is -0.378 e. The fraction of sp³-hybridized carbons (Fsp3) is 0.542. The first-order valence-electron chi connectivity index (χ1n) is 11.7. The number of aromatic amines is 1. The number of hydrogen-bond donors (Lipinski definition) is 3. The first-order valence-corrected chi connectivity index (χ1v) is 12.6. The zero-order chi connectivity index (χ0) is 23.0. The summed E-state index contributed by atoms with van der Waals surface area (Å²) in [4.78, 5) is 28.3. The third-order valence-corrected chi connectivity index (χ3v) is 7.38. The average molecular weight is 469 g/mol. The molecule has 0 saturated carbocycles. The van der Waals surface area contributed by atoms with Gasteiger partial charge in [0.15, 0.2) is 0 Å². The number of H-pyrrole nitrogens is 1. The van der Waals surface area contributed by atoms with E-state index < -0.39 is 0 Å². The molecule has 2 aromatic heterocycles. The van der Waals surface area contributed by atoms with Crippen LogP contribution in [0.5, 0.6) is 0 Å². The molecular formula is C24H32N6O2S. The van der Waals surface area contributed by atoms with Gasteiger partial charge in [0, 0.05) is 25.7 Å². The van der Waals surface area contributed by atoms with Crippen LogP contribution in [0.1, 0.15) is 39.2 Å². The van der Waals surface area contributed by atoms with E-state index in [4.69, 9.17) is 14.7 Å². The number of nitrogens with one attached hydrogen (secondary N) is 3. The molecule has 3 aromatic rings. The summed E-state index contributed by atoms with van der Waals surface area (Å²) in [5.41, 5.74) is 2.55. The van der Waals surface area contributed by atoms with Crippen molar-refractivity contribution in [3.8, 4) is 10.6 Å². The predicted octanol–water partition coefficient (Wildman–Crippen LogP) is 3.34. The maximum atomic E-state index is 13.4. The fourth-order valence-corrected chi connectivity index (χ4v) is 5.35. The summed E-state index contributed by atoms with van der Waals surface area (Å²) in [6, 6.07) is 6.63. The molecule has 0 amide bonds. The van der Waals surface area contributed by atoms with E-state index in [1.807, 2.05) is 0 Å². The number of anilines is 2. The van der Waals surface area contributed by atoms with Crippen LogP contribution >= 0.6 is 11.3 Å².